The van der Waals surface area contributed by atoms with E-state index in [2.05, 4.69) is 0 Å². The first kappa shape index (κ1) is 9.64. The van der Waals surface area contributed by atoms with Crippen LogP contribution in [0.5, 0.6) is 0 Å². The zero-order chi connectivity index (χ0) is 9.73. The highest BCUT2D eigenvalue weighted by Crippen LogP contribution is 2.15. The van der Waals surface area contributed by atoms with E-state index in [1.807, 2.05) is 0 Å². The van der Waals surface area contributed by atoms with Gasteiger partial charge in [-0.05, 0) is 18.2 Å². The molecule has 0 aliphatic carbocycles. The molecule has 0 saturated carbocycles. The number of hydrogen-bond donors (Lipinski definition) is 0. The fourth-order valence-corrected chi connectivity index (χ4v) is 0.701. The first-order valence-electron chi connectivity index (χ1n) is 3.54. The minimum Gasteiger partial charge on any atom is -0.465 e. The van der Waals surface area contributed by atoms with Crippen molar-refractivity contribution in [3.63, 3.8) is 0 Å². The van der Waals surface area contributed by atoms with Gasteiger partial charge in [-0.1, -0.05) is 12.2 Å². The number of allylic oxidation sites excluding steroid dienone is 3. The summed E-state index contributed by atoms with van der Waals surface area (Å²) in [6, 6.07) is 3.31. The lowest BCUT2D eigenvalue weighted by molar-refractivity contribution is -0.0798. The number of halogens is 3. The van der Waals surface area contributed by atoms with Gasteiger partial charge in [0.2, 0.25) is 0 Å². The van der Waals surface area contributed by atoms with Crippen molar-refractivity contribution >= 4 is 6.08 Å². The standard InChI is InChI=1S/C9H7F3O/c10-9(11,12)6-2-1-4-8-5-3-7-13-8/h1-7H/b4-1+,6-2+. The van der Waals surface area contributed by atoms with Crippen molar-refractivity contribution in [2.24, 2.45) is 0 Å². The molecule has 1 aromatic heterocycles. The zero-order valence-electron chi connectivity index (χ0n) is 6.58. The summed E-state index contributed by atoms with van der Waals surface area (Å²) in [6.07, 6.45) is 0.990. The van der Waals surface area contributed by atoms with Crippen LogP contribution in [0.15, 0.2) is 41.0 Å². The Morgan fingerprint density at radius 3 is 2.54 bits per heavy atom. The monoisotopic (exact) mass is 188 g/mol. The Balaban J connectivity index is 2.47. The molecule has 1 heterocycles. The van der Waals surface area contributed by atoms with Crippen LogP contribution in [0.4, 0.5) is 13.2 Å². The molecular formula is C9H7F3O. The van der Waals surface area contributed by atoms with Crippen molar-refractivity contribution in [2.75, 3.05) is 0 Å². The van der Waals surface area contributed by atoms with Crippen LogP contribution in [0.25, 0.3) is 6.08 Å². The Morgan fingerprint density at radius 2 is 2.00 bits per heavy atom. The smallest absolute Gasteiger partial charge is 0.409 e. The molecule has 1 nitrogen and oxygen atoms in total. The van der Waals surface area contributed by atoms with Crippen LogP contribution in [0.2, 0.25) is 0 Å². The maximum Gasteiger partial charge on any atom is 0.409 e. The topological polar surface area (TPSA) is 13.1 Å². The van der Waals surface area contributed by atoms with Crippen LogP contribution < -0.4 is 0 Å². The second-order valence-electron chi connectivity index (χ2n) is 2.28. The van der Waals surface area contributed by atoms with E-state index in [-0.39, 0.29) is 6.08 Å². The van der Waals surface area contributed by atoms with Gasteiger partial charge >= 0.3 is 6.18 Å². The number of alkyl halides is 3. The molecule has 1 aromatic rings. The molecule has 0 fully saturated rings. The molecule has 0 aliphatic heterocycles. The van der Waals surface area contributed by atoms with Gasteiger partial charge in [0.1, 0.15) is 5.76 Å². The summed E-state index contributed by atoms with van der Waals surface area (Å²) in [6.45, 7) is 0. The molecule has 1 rings (SSSR count). The van der Waals surface area contributed by atoms with E-state index >= 15 is 0 Å². The highest BCUT2D eigenvalue weighted by Gasteiger charge is 2.21. The van der Waals surface area contributed by atoms with E-state index in [1.165, 1.54) is 18.4 Å². The molecule has 0 atom stereocenters. The van der Waals surface area contributed by atoms with E-state index < -0.39 is 6.18 Å². The predicted molar refractivity (Wildman–Crippen MR) is 42.9 cm³/mol. The maximum atomic E-state index is 11.6. The van der Waals surface area contributed by atoms with Gasteiger partial charge in [-0.3, -0.25) is 0 Å². The summed E-state index contributed by atoms with van der Waals surface area (Å²) in [5.74, 6) is 0.520. The molecule has 0 aromatic carbocycles. The van der Waals surface area contributed by atoms with Gasteiger partial charge in [0.05, 0.1) is 6.26 Å². The fraction of sp³-hybridized carbons (Fsp3) is 0.111. The van der Waals surface area contributed by atoms with E-state index in [1.54, 1.807) is 12.1 Å². The first-order valence-corrected chi connectivity index (χ1v) is 3.54. The second-order valence-corrected chi connectivity index (χ2v) is 2.28. The number of hydrogen-bond acceptors (Lipinski definition) is 1. The Morgan fingerprint density at radius 1 is 1.23 bits per heavy atom. The fourth-order valence-electron chi connectivity index (χ4n) is 0.701. The summed E-state index contributed by atoms with van der Waals surface area (Å²) in [7, 11) is 0. The van der Waals surface area contributed by atoms with Crippen molar-refractivity contribution in [1.29, 1.82) is 0 Å². The van der Waals surface area contributed by atoms with Crippen molar-refractivity contribution < 1.29 is 17.6 Å². The van der Waals surface area contributed by atoms with Crippen molar-refractivity contribution in [3.8, 4) is 0 Å². The van der Waals surface area contributed by atoms with Crippen LogP contribution in [-0.2, 0) is 0 Å². The van der Waals surface area contributed by atoms with Crippen molar-refractivity contribution in [2.45, 2.75) is 6.18 Å². The predicted octanol–water partition coefficient (Wildman–Crippen LogP) is 3.41. The number of rotatable bonds is 2. The molecule has 0 spiro atoms. The molecule has 0 N–H and O–H groups in total. The van der Waals surface area contributed by atoms with E-state index in [4.69, 9.17) is 4.42 Å². The Kier molecular flexibility index (Phi) is 2.95. The third-order valence-corrected chi connectivity index (χ3v) is 1.20. The first-order chi connectivity index (χ1) is 6.08. The second kappa shape index (κ2) is 3.98. The van der Waals surface area contributed by atoms with Crippen molar-refractivity contribution in [3.05, 3.63) is 42.4 Å². The molecule has 0 amide bonds. The lowest BCUT2D eigenvalue weighted by Gasteiger charge is -1.94. The molecule has 13 heavy (non-hydrogen) atoms. The molecular weight excluding hydrogens is 181 g/mol. The molecule has 0 bridgehead atoms. The number of furan rings is 1. The zero-order valence-corrected chi connectivity index (χ0v) is 6.58. The van der Waals surface area contributed by atoms with Crippen LogP contribution >= 0.6 is 0 Å². The molecule has 0 radical (unpaired) electrons. The van der Waals surface area contributed by atoms with Gasteiger partial charge in [0.15, 0.2) is 0 Å². The van der Waals surface area contributed by atoms with E-state index in [9.17, 15) is 13.2 Å². The molecule has 70 valence electrons. The van der Waals surface area contributed by atoms with Crippen LogP contribution in [0, 0.1) is 0 Å². The SMILES string of the molecule is FC(F)(F)/C=C/C=C/c1ccco1. The third-order valence-electron chi connectivity index (χ3n) is 1.20. The highest BCUT2D eigenvalue weighted by atomic mass is 19.4. The van der Waals surface area contributed by atoms with Crippen LogP contribution in [-0.4, -0.2) is 6.18 Å². The summed E-state index contributed by atoms with van der Waals surface area (Å²) >= 11 is 0. The molecule has 0 saturated heterocycles. The summed E-state index contributed by atoms with van der Waals surface area (Å²) in [4.78, 5) is 0. The van der Waals surface area contributed by atoms with Gasteiger partial charge in [-0.2, -0.15) is 13.2 Å². The van der Waals surface area contributed by atoms with Crippen molar-refractivity contribution in [1.82, 2.24) is 0 Å². The Labute approximate surface area is 73.2 Å². The van der Waals surface area contributed by atoms with Gasteiger partial charge in [-0.15, -0.1) is 0 Å². The van der Waals surface area contributed by atoms with Crippen LogP contribution in [0.1, 0.15) is 5.76 Å². The minimum atomic E-state index is -4.26. The summed E-state index contributed by atoms with van der Waals surface area (Å²) in [5.41, 5.74) is 0. The Hall–Kier alpha value is -1.45. The molecule has 4 heteroatoms. The highest BCUT2D eigenvalue weighted by molar-refractivity contribution is 5.44. The summed E-state index contributed by atoms with van der Waals surface area (Å²) in [5, 5.41) is 0. The average molecular weight is 188 g/mol. The minimum absolute atomic E-state index is 0.159. The average Bonchev–Trinajstić information content (AvgIpc) is 2.48. The third kappa shape index (κ3) is 4.20. The van der Waals surface area contributed by atoms with Gasteiger partial charge in [0, 0.05) is 6.08 Å². The quantitative estimate of drug-likeness (QED) is 0.648. The maximum absolute atomic E-state index is 11.6. The van der Waals surface area contributed by atoms with Gasteiger partial charge in [0.25, 0.3) is 0 Å². The van der Waals surface area contributed by atoms with E-state index in [0.717, 1.165) is 6.08 Å². The van der Waals surface area contributed by atoms with Crippen LogP contribution in [0.3, 0.4) is 0 Å². The largest absolute Gasteiger partial charge is 0.465 e. The lowest BCUT2D eigenvalue weighted by Crippen LogP contribution is -1.99. The molecule has 0 unspecified atom stereocenters. The summed E-state index contributed by atoms with van der Waals surface area (Å²) < 4.78 is 39.6. The lowest BCUT2D eigenvalue weighted by atomic mass is 10.3. The van der Waals surface area contributed by atoms with Gasteiger partial charge in [-0.25, -0.2) is 0 Å². The Bertz CT molecular complexity index is 293. The normalized spacial score (nSPS) is 13.2. The molecule has 0 aliphatic rings. The van der Waals surface area contributed by atoms with Gasteiger partial charge < -0.3 is 4.42 Å². The van der Waals surface area contributed by atoms with E-state index in [0.29, 0.717) is 5.76 Å².